The number of hydrogen-bond donors (Lipinski definition) is 1. The van der Waals surface area contributed by atoms with Gasteiger partial charge in [-0.3, -0.25) is 4.79 Å². The average molecular weight is 333 g/mol. The molecule has 2 heterocycles. The van der Waals surface area contributed by atoms with Gasteiger partial charge >= 0.3 is 12.1 Å². The molecule has 2 saturated heterocycles. The molecule has 0 bridgehead atoms. The molecule has 0 saturated carbocycles. The van der Waals surface area contributed by atoms with Crippen molar-refractivity contribution < 1.29 is 27.9 Å². The van der Waals surface area contributed by atoms with E-state index in [4.69, 9.17) is 4.74 Å². The van der Waals surface area contributed by atoms with Crippen molar-refractivity contribution >= 4 is 21.9 Å². The van der Waals surface area contributed by atoms with Gasteiger partial charge in [0, 0.05) is 18.5 Å². The van der Waals surface area contributed by atoms with Gasteiger partial charge in [-0.1, -0.05) is 0 Å². The second-order valence-corrected chi connectivity index (χ2v) is 9.38. The minimum atomic E-state index is -3.33. The first kappa shape index (κ1) is 17.1. The van der Waals surface area contributed by atoms with Crippen molar-refractivity contribution in [1.82, 2.24) is 4.90 Å². The van der Waals surface area contributed by atoms with Crippen molar-refractivity contribution in [3.63, 3.8) is 0 Å². The number of piperidine rings is 1. The second kappa shape index (κ2) is 5.40. The molecular weight excluding hydrogens is 310 g/mol. The van der Waals surface area contributed by atoms with Gasteiger partial charge < -0.3 is 14.7 Å². The van der Waals surface area contributed by atoms with Gasteiger partial charge in [-0.15, -0.1) is 0 Å². The molecule has 0 aromatic carbocycles. The Labute approximate surface area is 130 Å². The van der Waals surface area contributed by atoms with E-state index in [9.17, 15) is 23.1 Å². The van der Waals surface area contributed by atoms with Crippen molar-refractivity contribution in [2.75, 3.05) is 24.6 Å². The zero-order valence-corrected chi connectivity index (χ0v) is 14.0. The van der Waals surface area contributed by atoms with E-state index in [0.717, 1.165) is 0 Å². The highest BCUT2D eigenvalue weighted by atomic mass is 32.2. The van der Waals surface area contributed by atoms with Gasteiger partial charge in [-0.05, 0) is 33.6 Å². The monoisotopic (exact) mass is 333 g/mol. The van der Waals surface area contributed by atoms with Gasteiger partial charge in [0.1, 0.15) is 5.60 Å². The van der Waals surface area contributed by atoms with Gasteiger partial charge in [0.2, 0.25) is 0 Å². The molecule has 126 valence electrons. The highest BCUT2D eigenvalue weighted by molar-refractivity contribution is 7.91. The Kier molecular flexibility index (Phi) is 4.18. The molecule has 1 amide bonds. The zero-order valence-electron chi connectivity index (χ0n) is 13.2. The lowest BCUT2D eigenvalue weighted by atomic mass is 9.71. The van der Waals surface area contributed by atoms with E-state index in [0.29, 0.717) is 25.9 Å². The number of carbonyl (C=O) groups is 2. The topological polar surface area (TPSA) is 101 Å². The Bertz CT molecular complexity index is 569. The van der Waals surface area contributed by atoms with Crippen LogP contribution in [0.2, 0.25) is 0 Å². The van der Waals surface area contributed by atoms with Crippen LogP contribution in [0, 0.1) is 11.3 Å². The standard InChI is InChI=1S/C14H23NO6S/c1-13(2,3)21-12(18)15-6-4-14(5-7-15)9-22(19,20)8-10(14)11(16)17/h10H,4-9H2,1-3H3,(H,16,17). The van der Waals surface area contributed by atoms with Crippen LogP contribution in [-0.4, -0.2) is 60.7 Å². The van der Waals surface area contributed by atoms with E-state index in [1.54, 1.807) is 20.8 Å². The summed E-state index contributed by atoms with van der Waals surface area (Å²) in [4.78, 5) is 25.0. The quantitative estimate of drug-likeness (QED) is 0.772. The van der Waals surface area contributed by atoms with E-state index in [1.165, 1.54) is 4.90 Å². The van der Waals surface area contributed by atoms with E-state index < -0.39 is 38.8 Å². The molecule has 1 atom stereocenters. The number of amides is 1. The summed E-state index contributed by atoms with van der Waals surface area (Å²) in [7, 11) is -3.33. The number of hydrogen-bond acceptors (Lipinski definition) is 5. The van der Waals surface area contributed by atoms with Crippen LogP contribution in [0.1, 0.15) is 33.6 Å². The summed E-state index contributed by atoms with van der Waals surface area (Å²) < 4.78 is 29.0. The van der Waals surface area contributed by atoms with Crippen LogP contribution in [-0.2, 0) is 19.4 Å². The summed E-state index contributed by atoms with van der Waals surface area (Å²) in [5.41, 5.74) is -1.34. The number of likely N-dealkylation sites (tertiary alicyclic amines) is 1. The van der Waals surface area contributed by atoms with Gasteiger partial charge in [-0.2, -0.15) is 0 Å². The van der Waals surface area contributed by atoms with Crippen molar-refractivity contribution in [3.05, 3.63) is 0 Å². The second-order valence-electron chi connectivity index (χ2n) is 7.28. The number of carboxylic acid groups (broad SMARTS) is 1. The number of aliphatic carboxylic acids is 1. The maximum absolute atomic E-state index is 12.0. The molecule has 0 aromatic heterocycles. The minimum Gasteiger partial charge on any atom is -0.481 e. The third kappa shape index (κ3) is 3.53. The van der Waals surface area contributed by atoms with Crippen LogP contribution in [0.4, 0.5) is 4.79 Å². The van der Waals surface area contributed by atoms with Crippen LogP contribution in [0.3, 0.4) is 0 Å². The molecule has 2 fully saturated rings. The lowest BCUT2D eigenvalue weighted by molar-refractivity contribution is -0.145. The van der Waals surface area contributed by atoms with E-state index in [-0.39, 0.29) is 11.5 Å². The smallest absolute Gasteiger partial charge is 0.410 e. The fraction of sp³-hybridized carbons (Fsp3) is 0.857. The van der Waals surface area contributed by atoms with Gasteiger partial charge in [0.25, 0.3) is 0 Å². The fourth-order valence-corrected chi connectivity index (χ4v) is 5.80. The Balaban J connectivity index is 2.07. The van der Waals surface area contributed by atoms with Crippen molar-refractivity contribution in [1.29, 1.82) is 0 Å². The van der Waals surface area contributed by atoms with E-state index in [2.05, 4.69) is 0 Å². The molecule has 22 heavy (non-hydrogen) atoms. The highest BCUT2D eigenvalue weighted by Gasteiger charge is 2.55. The van der Waals surface area contributed by atoms with Gasteiger partial charge in [0.05, 0.1) is 17.4 Å². The molecule has 0 aliphatic carbocycles. The van der Waals surface area contributed by atoms with Crippen LogP contribution >= 0.6 is 0 Å². The molecule has 1 unspecified atom stereocenters. The van der Waals surface area contributed by atoms with Crippen LogP contribution < -0.4 is 0 Å². The number of sulfone groups is 1. The first-order valence-electron chi connectivity index (χ1n) is 7.35. The lowest BCUT2D eigenvalue weighted by Crippen LogP contribution is -2.48. The largest absolute Gasteiger partial charge is 0.481 e. The van der Waals surface area contributed by atoms with E-state index >= 15 is 0 Å². The molecule has 2 aliphatic rings. The van der Waals surface area contributed by atoms with Crippen molar-refractivity contribution in [2.45, 2.75) is 39.2 Å². The van der Waals surface area contributed by atoms with Crippen molar-refractivity contribution in [3.8, 4) is 0 Å². The molecule has 2 rings (SSSR count). The van der Waals surface area contributed by atoms with Gasteiger partial charge in [-0.25, -0.2) is 13.2 Å². The SMILES string of the molecule is CC(C)(C)OC(=O)N1CCC2(CC1)CS(=O)(=O)CC2C(=O)O. The molecule has 1 spiro atoms. The summed E-state index contributed by atoms with van der Waals surface area (Å²) in [6.45, 7) is 5.99. The Morgan fingerprint density at radius 1 is 1.23 bits per heavy atom. The summed E-state index contributed by atoms with van der Waals surface area (Å²) >= 11 is 0. The first-order valence-corrected chi connectivity index (χ1v) is 9.17. The number of carboxylic acids is 1. The number of ether oxygens (including phenoxy) is 1. The van der Waals surface area contributed by atoms with Crippen LogP contribution in [0.25, 0.3) is 0 Å². The molecule has 0 aromatic rings. The third-order valence-electron chi connectivity index (χ3n) is 4.38. The number of rotatable bonds is 1. The first-order chi connectivity index (χ1) is 9.94. The molecule has 8 heteroatoms. The number of carbonyl (C=O) groups excluding carboxylic acids is 1. The van der Waals surface area contributed by atoms with Crippen molar-refractivity contribution in [2.24, 2.45) is 11.3 Å². The number of nitrogens with zero attached hydrogens (tertiary/aromatic N) is 1. The Morgan fingerprint density at radius 2 is 1.77 bits per heavy atom. The predicted octanol–water partition coefficient (Wildman–Crippen LogP) is 1.13. The maximum Gasteiger partial charge on any atom is 0.410 e. The van der Waals surface area contributed by atoms with Crippen LogP contribution in [0.5, 0.6) is 0 Å². The lowest BCUT2D eigenvalue weighted by Gasteiger charge is -2.41. The maximum atomic E-state index is 12.0. The molecule has 0 radical (unpaired) electrons. The fourth-order valence-electron chi connectivity index (χ4n) is 3.32. The molecule has 7 nitrogen and oxygen atoms in total. The highest BCUT2D eigenvalue weighted by Crippen LogP contribution is 2.46. The summed E-state index contributed by atoms with van der Waals surface area (Å²) in [5.74, 6) is -2.33. The summed E-state index contributed by atoms with van der Waals surface area (Å²) in [6.07, 6.45) is 0.320. The third-order valence-corrected chi connectivity index (χ3v) is 6.23. The average Bonchev–Trinajstić information content (AvgIpc) is 2.59. The molecular formula is C14H23NO6S. The van der Waals surface area contributed by atoms with Gasteiger partial charge in [0.15, 0.2) is 9.84 Å². The normalized spacial score (nSPS) is 26.9. The Morgan fingerprint density at radius 3 is 2.23 bits per heavy atom. The Hall–Kier alpha value is -1.31. The predicted molar refractivity (Wildman–Crippen MR) is 79.3 cm³/mol. The van der Waals surface area contributed by atoms with E-state index in [1.807, 2.05) is 0 Å². The minimum absolute atomic E-state index is 0.0981. The molecule has 1 N–H and O–H groups in total. The van der Waals surface area contributed by atoms with Crippen LogP contribution in [0.15, 0.2) is 0 Å². The molecule has 2 aliphatic heterocycles. The summed E-state index contributed by atoms with van der Waals surface area (Å²) in [5, 5.41) is 9.32. The summed E-state index contributed by atoms with van der Waals surface area (Å²) in [6, 6.07) is 0. The zero-order chi connectivity index (χ0) is 16.8.